The Morgan fingerprint density at radius 3 is 2.75 bits per heavy atom. The smallest absolute Gasteiger partial charge is 0.338 e. The molecule has 1 atom stereocenters. The van der Waals surface area contributed by atoms with Crippen LogP contribution in [0.3, 0.4) is 0 Å². The van der Waals surface area contributed by atoms with E-state index >= 15 is 0 Å². The van der Waals surface area contributed by atoms with Crippen molar-refractivity contribution in [3.05, 3.63) is 75.2 Å². The molecule has 0 amide bonds. The number of benzene rings is 2. The molecular weight excluding hydrogens is 476 g/mol. The van der Waals surface area contributed by atoms with Crippen LogP contribution in [0.25, 0.3) is 0 Å². The summed E-state index contributed by atoms with van der Waals surface area (Å²) in [4.78, 5) is 16.9. The number of aromatic nitrogens is 3. The van der Waals surface area contributed by atoms with Crippen molar-refractivity contribution >= 4 is 27.8 Å². The lowest BCUT2D eigenvalue weighted by atomic mass is 9.95. The third-order valence-corrected chi connectivity index (χ3v) is 5.82. The Labute approximate surface area is 194 Å². The summed E-state index contributed by atoms with van der Waals surface area (Å²) in [7, 11) is 2.94. The summed E-state index contributed by atoms with van der Waals surface area (Å²) in [5.74, 6) is 1.20. The van der Waals surface area contributed by atoms with Crippen molar-refractivity contribution in [2.24, 2.45) is 0 Å². The van der Waals surface area contributed by atoms with E-state index in [9.17, 15) is 4.79 Å². The van der Waals surface area contributed by atoms with Crippen LogP contribution in [-0.4, -0.2) is 35.0 Å². The van der Waals surface area contributed by atoms with Crippen molar-refractivity contribution in [1.29, 1.82) is 0 Å². The first kappa shape index (κ1) is 21.9. The molecule has 2 aromatic carbocycles. The van der Waals surface area contributed by atoms with Gasteiger partial charge in [-0.05, 0) is 53.0 Å². The summed E-state index contributed by atoms with van der Waals surface area (Å²) in [6.45, 7) is 4.24. The maximum atomic E-state index is 12.6. The maximum absolute atomic E-state index is 12.6. The second-order valence-electron chi connectivity index (χ2n) is 7.40. The van der Waals surface area contributed by atoms with Gasteiger partial charge in [0.15, 0.2) is 11.5 Å². The van der Waals surface area contributed by atoms with E-state index in [1.807, 2.05) is 44.2 Å². The van der Waals surface area contributed by atoms with Crippen molar-refractivity contribution in [1.82, 2.24) is 14.8 Å². The number of ether oxygens (including phenoxy) is 3. The quantitative estimate of drug-likeness (QED) is 0.503. The number of nitrogens with zero attached hydrogens (tertiary/aromatic N) is 3. The average Bonchev–Trinajstić information content (AvgIpc) is 3.24. The van der Waals surface area contributed by atoms with E-state index in [1.165, 1.54) is 19.0 Å². The molecule has 9 heteroatoms. The molecule has 1 aliphatic heterocycles. The summed E-state index contributed by atoms with van der Waals surface area (Å²) in [5.41, 5.74) is 4.08. The van der Waals surface area contributed by atoms with E-state index in [2.05, 4.69) is 37.4 Å². The summed E-state index contributed by atoms with van der Waals surface area (Å²) < 4.78 is 19.1. The Bertz CT molecular complexity index is 1200. The van der Waals surface area contributed by atoms with Crippen LogP contribution in [-0.2, 0) is 16.1 Å². The number of methoxy groups -OCH3 is 2. The zero-order chi connectivity index (χ0) is 22.8. The van der Waals surface area contributed by atoms with E-state index in [-0.39, 0.29) is 0 Å². The van der Waals surface area contributed by atoms with E-state index in [1.54, 1.807) is 11.8 Å². The highest BCUT2D eigenvalue weighted by Gasteiger charge is 2.35. The Kier molecular flexibility index (Phi) is 6.18. The number of allylic oxidation sites excluding steroid dienone is 1. The van der Waals surface area contributed by atoms with Gasteiger partial charge in [-0.2, -0.15) is 10.1 Å². The predicted octanol–water partition coefficient (Wildman–Crippen LogP) is 4.40. The van der Waals surface area contributed by atoms with Crippen molar-refractivity contribution in [2.75, 3.05) is 19.5 Å². The molecule has 3 aromatic rings. The number of aryl methyl sites for hydroxylation is 1. The zero-order valence-corrected chi connectivity index (χ0v) is 19.8. The number of carbonyl (C=O) groups excluding carboxylic acids is 1. The molecular formula is C23H23BrN4O4. The molecule has 1 aromatic heterocycles. The number of rotatable bonds is 6. The molecule has 0 bridgehead atoms. The Morgan fingerprint density at radius 2 is 2.03 bits per heavy atom. The molecule has 2 heterocycles. The average molecular weight is 499 g/mol. The first-order valence-corrected chi connectivity index (χ1v) is 10.7. The Morgan fingerprint density at radius 1 is 1.22 bits per heavy atom. The van der Waals surface area contributed by atoms with Crippen LogP contribution < -0.4 is 14.8 Å². The summed E-state index contributed by atoms with van der Waals surface area (Å²) in [6, 6.07) is 11.3. The lowest BCUT2D eigenvalue weighted by molar-refractivity contribution is -0.136. The summed E-state index contributed by atoms with van der Waals surface area (Å²) in [5, 5.41) is 7.42. The lowest BCUT2D eigenvalue weighted by Crippen LogP contribution is -2.29. The molecule has 32 heavy (non-hydrogen) atoms. The van der Waals surface area contributed by atoms with Gasteiger partial charge >= 0.3 is 5.97 Å². The van der Waals surface area contributed by atoms with E-state index in [0.717, 1.165) is 11.1 Å². The standard InChI is InChI=1S/C23H23BrN4O4/c1-13-6-5-7-15(8-13)11-32-21-17(24)9-16(10-18(21)30-3)20-19(22(29)31-4)14(2)27-23-25-12-26-28(20)23/h5-10,12,20H,11H2,1-4H3,(H,25,26,27). The van der Waals surface area contributed by atoms with Gasteiger partial charge in [-0.1, -0.05) is 29.8 Å². The lowest BCUT2D eigenvalue weighted by Gasteiger charge is -2.28. The molecule has 1 unspecified atom stereocenters. The molecule has 0 spiro atoms. The van der Waals surface area contributed by atoms with Crippen LogP contribution in [0.5, 0.6) is 11.5 Å². The summed E-state index contributed by atoms with van der Waals surface area (Å²) >= 11 is 3.62. The monoisotopic (exact) mass is 498 g/mol. The highest BCUT2D eigenvalue weighted by atomic mass is 79.9. The van der Waals surface area contributed by atoms with E-state index in [4.69, 9.17) is 14.2 Å². The third-order valence-electron chi connectivity index (χ3n) is 5.23. The molecule has 0 saturated heterocycles. The molecule has 166 valence electrons. The minimum absolute atomic E-state index is 0.392. The Balaban J connectivity index is 1.74. The normalized spacial score (nSPS) is 15.1. The second kappa shape index (κ2) is 9.04. The molecule has 0 radical (unpaired) electrons. The van der Waals surface area contributed by atoms with Crippen molar-refractivity contribution in [3.8, 4) is 11.5 Å². The first-order valence-electron chi connectivity index (χ1n) is 9.94. The zero-order valence-electron chi connectivity index (χ0n) is 18.2. The number of fused-ring (bicyclic) bond motifs is 1. The third kappa shape index (κ3) is 4.08. The van der Waals surface area contributed by atoms with Gasteiger partial charge < -0.3 is 19.5 Å². The molecule has 0 aliphatic carbocycles. The van der Waals surface area contributed by atoms with E-state index < -0.39 is 12.0 Å². The van der Waals surface area contributed by atoms with Crippen LogP contribution in [0.4, 0.5) is 5.95 Å². The fourth-order valence-electron chi connectivity index (χ4n) is 3.77. The number of anilines is 1. The minimum Gasteiger partial charge on any atom is -0.493 e. The minimum atomic E-state index is -0.544. The van der Waals surface area contributed by atoms with Gasteiger partial charge in [0.1, 0.15) is 19.0 Å². The van der Waals surface area contributed by atoms with Gasteiger partial charge in [0.2, 0.25) is 5.95 Å². The van der Waals surface area contributed by atoms with Crippen LogP contribution in [0.15, 0.2) is 58.5 Å². The molecule has 4 rings (SSSR count). The molecule has 1 aliphatic rings. The molecule has 1 N–H and O–H groups in total. The van der Waals surface area contributed by atoms with Gasteiger partial charge in [0.05, 0.1) is 24.3 Å². The number of halogens is 1. The van der Waals surface area contributed by atoms with Crippen LogP contribution >= 0.6 is 15.9 Å². The van der Waals surface area contributed by atoms with E-state index in [0.29, 0.717) is 39.8 Å². The number of esters is 1. The van der Waals surface area contributed by atoms with Gasteiger partial charge in [-0.25, -0.2) is 9.48 Å². The first-order chi connectivity index (χ1) is 15.4. The number of nitrogens with one attached hydrogen (secondary N) is 1. The highest BCUT2D eigenvalue weighted by molar-refractivity contribution is 9.10. The highest BCUT2D eigenvalue weighted by Crippen LogP contribution is 2.43. The van der Waals surface area contributed by atoms with Gasteiger partial charge in [-0.15, -0.1) is 0 Å². The van der Waals surface area contributed by atoms with Crippen molar-refractivity contribution < 1.29 is 19.0 Å². The molecule has 0 fully saturated rings. The number of hydrogen-bond donors (Lipinski definition) is 1. The van der Waals surface area contributed by atoms with Crippen molar-refractivity contribution in [3.63, 3.8) is 0 Å². The fourth-order valence-corrected chi connectivity index (χ4v) is 4.34. The fraction of sp³-hybridized carbons (Fsp3) is 0.261. The van der Waals surface area contributed by atoms with Gasteiger partial charge in [0.25, 0.3) is 0 Å². The van der Waals surface area contributed by atoms with Gasteiger partial charge in [0, 0.05) is 5.70 Å². The van der Waals surface area contributed by atoms with Crippen LogP contribution in [0, 0.1) is 6.92 Å². The topological polar surface area (TPSA) is 87.5 Å². The number of carbonyl (C=O) groups is 1. The van der Waals surface area contributed by atoms with Gasteiger partial charge in [-0.3, -0.25) is 0 Å². The molecule has 8 nitrogen and oxygen atoms in total. The molecule has 0 saturated carbocycles. The van der Waals surface area contributed by atoms with Crippen molar-refractivity contribution in [2.45, 2.75) is 26.5 Å². The Hall–Kier alpha value is -3.33. The summed E-state index contributed by atoms with van der Waals surface area (Å²) in [6.07, 6.45) is 1.44. The SMILES string of the molecule is COC(=O)C1=C(C)Nc2ncnn2C1c1cc(Br)c(OCc2cccc(C)c2)c(OC)c1. The van der Waals surface area contributed by atoms with Crippen LogP contribution in [0.2, 0.25) is 0 Å². The predicted molar refractivity (Wildman–Crippen MR) is 123 cm³/mol. The van der Waals surface area contributed by atoms with Crippen LogP contribution in [0.1, 0.15) is 29.7 Å². The number of hydrogen-bond acceptors (Lipinski definition) is 7. The maximum Gasteiger partial charge on any atom is 0.338 e. The second-order valence-corrected chi connectivity index (χ2v) is 8.25. The largest absolute Gasteiger partial charge is 0.493 e.